The highest BCUT2D eigenvalue weighted by Gasteiger charge is 2.15. The Bertz CT molecular complexity index is 390. The van der Waals surface area contributed by atoms with Crippen LogP contribution in [0.4, 0.5) is 8.78 Å². The van der Waals surface area contributed by atoms with E-state index in [9.17, 15) is 8.78 Å². The minimum atomic E-state index is -2.70. The Morgan fingerprint density at radius 1 is 1.64 bits per heavy atom. The zero-order chi connectivity index (χ0) is 10.7. The average molecular weight is 281 g/mol. The lowest BCUT2D eigenvalue weighted by Gasteiger charge is -2.05. The molecule has 0 fully saturated rings. The number of rotatable bonds is 2. The van der Waals surface area contributed by atoms with Gasteiger partial charge in [0.2, 0.25) is 0 Å². The lowest BCUT2D eigenvalue weighted by atomic mass is 10.2. The van der Waals surface area contributed by atoms with Crippen LogP contribution < -0.4 is 0 Å². The number of hydrogen-bond acceptors (Lipinski definition) is 2. The Labute approximate surface area is 92.6 Å². The normalized spacial score (nSPS) is 10.3. The molecule has 0 saturated carbocycles. The van der Waals surface area contributed by atoms with E-state index in [4.69, 9.17) is 16.9 Å². The number of nitriles is 1. The first-order chi connectivity index (χ1) is 6.60. The van der Waals surface area contributed by atoms with Crippen LogP contribution in [0.5, 0.6) is 0 Å². The fourth-order valence-corrected chi connectivity index (χ4v) is 1.69. The topological polar surface area (TPSA) is 36.7 Å². The van der Waals surface area contributed by atoms with Gasteiger partial charge >= 0.3 is 0 Å². The number of nitrogens with zero attached hydrogens (tertiary/aromatic N) is 2. The van der Waals surface area contributed by atoms with Gasteiger partial charge in [-0.3, -0.25) is 0 Å². The molecule has 0 atom stereocenters. The van der Waals surface area contributed by atoms with E-state index in [2.05, 4.69) is 20.9 Å². The summed E-state index contributed by atoms with van der Waals surface area (Å²) in [5.41, 5.74) is -0.0626. The summed E-state index contributed by atoms with van der Waals surface area (Å²) < 4.78 is 25.0. The van der Waals surface area contributed by atoms with Crippen molar-refractivity contribution in [2.75, 3.05) is 0 Å². The first kappa shape index (κ1) is 11.3. The van der Waals surface area contributed by atoms with Gasteiger partial charge in [0.05, 0.1) is 4.47 Å². The summed E-state index contributed by atoms with van der Waals surface area (Å²) in [6.45, 7) is 0. The molecule has 0 aliphatic rings. The van der Waals surface area contributed by atoms with Crippen LogP contribution in [0.1, 0.15) is 23.4 Å². The first-order valence-electron chi connectivity index (χ1n) is 3.53. The van der Waals surface area contributed by atoms with Gasteiger partial charge in [-0.05, 0) is 27.6 Å². The van der Waals surface area contributed by atoms with Gasteiger partial charge in [-0.25, -0.2) is 13.8 Å². The van der Waals surface area contributed by atoms with E-state index < -0.39 is 12.1 Å². The molecule has 0 N–H and O–H groups in total. The fourth-order valence-electron chi connectivity index (χ4n) is 0.888. The largest absolute Gasteiger partial charge is 0.280 e. The molecule has 1 aromatic heterocycles. The highest BCUT2D eigenvalue weighted by molar-refractivity contribution is 9.10. The molecule has 0 bridgehead atoms. The standard InChI is InChI=1S/C8H4BrClF2N2/c9-7-4(2-10)1-5(8(11)12)14-6(7)3-13/h1,8H,2H2. The molecule has 0 amide bonds. The van der Waals surface area contributed by atoms with Crippen LogP contribution in [-0.4, -0.2) is 4.98 Å². The van der Waals surface area contributed by atoms with Crippen molar-refractivity contribution in [3.05, 3.63) is 27.5 Å². The van der Waals surface area contributed by atoms with E-state index in [1.54, 1.807) is 6.07 Å². The third-order valence-corrected chi connectivity index (χ3v) is 2.70. The lowest BCUT2D eigenvalue weighted by molar-refractivity contribution is 0.146. The summed E-state index contributed by atoms with van der Waals surface area (Å²) in [5.74, 6) is 0.0531. The van der Waals surface area contributed by atoms with E-state index >= 15 is 0 Å². The van der Waals surface area contributed by atoms with Crippen LogP contribution >= 0.6 is 27.5 Å². The van der Waals surface area contributed by atoms with Gasteiger partial charge in [-0.2, -0.15) is 5.26 Å². The molecule has 0 aromatic carbocycles. The van der Waals surface area contributed by atoms with Crippen molar-refractivity contribution < 1.29 is 8.78 Å². The van der Waals surface area contributed by atoms with E-state index in [-0.39, 0.29) is 11.6 Å². The number of hydrogen-bond donors (Lipinski definition) is 0. The Morgan fingerprint density at radius 2 is 2.29 bits per heavy atom. The van der Waals surface area contributed by atoms with Crippen LogP contribution in [0, 0.1) is 11.3 Å². The zero-order valence-corrected chi connectivity index (χ0v) is 9.11. The van der Waals surface area contributed by atoms with Gasteiger partial charge < -0.3 is 0 Å². The van der Waals surface area contributed by atoms with Gasteiger partial charge in [-0.1, -0.05) is 0 Å². The Hall–Kier alpha value is -0.730. The van der Waals surface area contributed by atoms with Crippen LogP contribution in [0.3, 0.4) is 0 Å². The molecule has 2 nitrogen and oxygen atoms in total. The second-order valence-corrected chi connectivity index (χ2v) is 3.48. The molecular formula is C8H4BrClF2N2. The SMILES string of the molecule is N#Cc1nc(C(F)F)cc(CCl)c1Br. The monoisotopic (exact) mass is 280 g/mol. The summed E-state index contributed by atoms with van der Waals surface area (Å²) >= 11 is 8.60. The number of aromatic nitrogens is 1. The second kappa shape index (κ2) is 4.67. The van der Waals surface area contributed by atoms with Crippen molar-refractivity contribution >= 4 is 27.5 Å². The summed E-state index contributed by atoms with van der Waals surface area (Å²) in [6.07, 6.45) is -2.70. The highest BCUT2D eigenvalue weighted by atomic mass is 79.9. The number of alkyl halides is 3. The Balaban J connectivity index is 3.34. The summed E-state index contributed by atoms with van der Waals surface area (Å²) in [6, 6.07) is 2.90. The maximum atomic E-state index is 12.3. The second-order valence-electron chi connectivity index (χ2n) is 2.41. The molecule has 0 aliphatic carbocycles. The summed E-state index contributed by atoms with van der Waals surface area (Å²) in [4.78, 5) is 3.48. The van der Waals surface area contributed by atoms with E-state index in [1.807, 2.05) is 0 Å². The predicted molar refractivity (Wildman–Crippen MR) is 51.2 cm³/mol. The molecule has 0 saturated heterocycles. The summed E-state index contributed by atoms with van der Waals surface area (Å²) in [5, 5.41) is 8.61. The quantitative estimate of drug-likeness (QED) is 0.779. The smallest absolute Gasteiger partial charge is 0.235 e. The van der Waals surface area contributed by atoms with Gasteiger partial charge in [0.15, 0.2) is 5.69 Å². The molecule has 6 heteroatoms. The molecule has 0 aliphatic heterocycles. The summed E-state index contributed by atoms with van der Waals surface area (Å²) in [7, 11) is 0. The van der Waals surface area contributed by atoms with Crippen molar-refractivity contribution in [3.63, 3.8) is 0 Å². The Kier molecular flexibility index (Phi) is 3.78. The van der Waals surface area contributed by atoms with Crippen molar-refractivity contribution in [1.82, 2.24) is 4.98 Å². The average Bonchev–Trinajstić information content (AvgIpc) is 2.17. The highest BCUT2D eigenvalue weighted by Crippen LogP contribution is 2.26. The molecule has 0 unspecified atom stereocenters. The molecule has 1 rings (SSSR count). The third-order valence-electron chi connectivity index (χ3n) is 1.53. The first-order valence-corrected chi connectivity index (χ1v) is 4.86. The van der Waals surface area contributed by atoms with Gasteiger partial charge in [0.25, 0.3) is 6.43 Å². The minimum absolute atomic E-state index is 0.0531. The van der Waals surface area contributed by atoms with E-state index in [0.29, 0.717) is 10.0 Å². The molecule has 1 aromatic rings. The lowest BCUT2D eigenvalue weighted by Crippen LogP contribution is -1.98. The third kappa shape index (κ3) is 2.20. The number of pyridine rings is 1. The van der Waals surface area contributed by atoms with Crippen LogP contribution in [0.25, 0.3) is 0 Å². The van der Waals surface area contributed by atoms with Gasteiger partial charge in [-0.15, -0.1) is 11.6 Å². The number of halogens is 4. The molecule has 0 spiro atoms. The van der Waals surface area contributed by atoms with Crippen LogP contribution in [-0.2, 0) is 5.88 Å². The van der Waals surface area contributed by atoms with E-state index in [0.717, 1.165) is 0 Å². The zero-order valence-electron chi connectivity index (χ0n) is 6.77. The molecule has 74 valence electrons. The maximum absolute atomic E-state index is 12.3. The van der Waals surface area contributed by atoms with Gasteiger partial charge in [0.1, 0.15) is 11.8 Å². The van der Waals surface area contributed by atoms with Crippen LogP contribution in [0.2, 0.25) is 0 Å². The minimum Gasteiger partial charge on any atom is -0.235 e. The fraction of sp³-hybridized carbons (Fsp3) is 0.250. The van der Waals surface area contributed by atoms with Crippen LogP contribution in [0.15, 0.2) is 10.5 Å². The molecule has 14 heavy (non-hydrogen) atoms. The molecule has 0 radical (unpaired) electrons. The van der Waals surface area contributed by atoms with Crippen molar-refractivity contribution in [2.24, 2.45) is 0 Å². The maximum Gasteiger partial charge on any atom is 0.280 e. The van der Waals surface area contributed by atoms with Crippen molar-refractivity contribution in [3.8, 4) is 6.07 Å². The van der Waals surface area contributed by atoms with Crippen molar-refractivity contribution in [1.29, 1.82) is 5.26 Å². The van der Waals surface area contributed by atoms with Gasteiger partial charge in [0, 0.05) is 5.88 Å². The Morgan fingerprint density at radius 3 is 2.71 bits per heavy atom. The predicted octanol–water partition coefficient (Wildman–Crippen LogP) is 3.39. The molecule has 1 heterocycles. The van der Waals surface area contributed by atoms with E-state index in [1.165, 1.54) is 6.07 Å². The molecular weight excluding hydrogens is 277 g/mol. The van der Waals surface area contributed by atoms with Crippen molar-refractivity contribution in [2.45, 2.75) is 12.3 Å².